The van der Waals surface area contributed by atoms with Crippen molar-refractivity contribution in [2.75, 3.05) is 52.9 Å². The summed E-state index contributed by atoms with van der Waals surface area (Å²) in [5, 5.41) is 17.1. The highest BCUT2D eigenvalue weighted by Gasteiger charge is 1.97. The minimum atomic E-state index is 0.0388. The molecule has 0 aliphatic rings. The standard InChI is InChI=1S/C16H26O6/c17-5-7-19-9-11-21-13-15-1-2-16(4-3-15)14-22-12-10-20-8-6-18/h1-4,17-18H,5-14H2. The average Bonchev–Trinajstić information content (AvgIpc) is 2.55. The molecule has 6 nitrogen and oxygen atoms in total. The van der Waals surface area contributed by atoms with Gasteiger partial charge in [0.15, 0.2) is 0 Å². The van der Waals surface area contributed by atoms with Crippen molar-refractivity contribution in [3.05, 3.63) is 35.4 Å². The summed E-state index contributed by atoms with van der Waals surface area (Å²) >= 11 is 0. The van der Waals surface area contributed by atoms with Gasteiger partial charge in [-0.3, -0.25) is 0 Å². The van der Waals surface area contributed by atoms with Gasteiger partial charge >= 0.3 is 0 Å². The summed E-state index contributed by atoms with van der Waals surface area (Å²) in [6.07, 6.45) is 0. The molecule has 0 aromatic heterocycles. The molecule has 0 atom stereocenters. The van der Waals surface area contributed by atoms with Crippen molar-refractivity contribution >= 4 is 0 Å². The predicted molar refractivity (Wildman–Crippen MR) is 81.6 cm³/mol. The maximum Gasteiger partial charge on any atom is 0.0718 e. The molecular weight excluding hydrogens is 288 g/mol. The molecule has 0 aliphatic heterocycles. The second-order valence-corrected chi connectivity index (χ2v) is 4.59. The van der Waals surface area contributed by atoms with Gasteiger partial charge in [-0.15, -0.1) is 0 Å². The highest BCUT2D eigenvalue weighted by Crippen LogP contribution is 2.07. The van der Waals surface area contributed by atoms with Crippen molar-refractivity contribution in [3.8, 4) is 0 Å². The molecule has 0 unspecified atom stereocenters. The molecule has 0 bridgehead atoms. The number of hydrogen-bond donors (Lipinski definition) is 2. The second kappa shape index (κ2) is 13.6. The number of aliphatic hydroxyl groups is 2. The van der Waals surface area contributed by atoms with Gasteiger partial charge in [0, 0.05) is 0 Å². The molecule has 0 aliphatic carbocycles. The van der Waals surface area contributed by atoms with Crippen LogP contribution in [0.4, 0.5) is 0 Å². The molecule has 2 N–H and O–H groups in total. The number of ether oxygens (including phenoxy) is 4. The first-order chi connectivity index (χ1) is 10.9. The zero-order valence-electron chi connectivity index (χ0n) is 12.9. The van der Waals surface area contributed by atoms with Crippen LogP contribution in [0.15, 0.2) is 24.3 Å². The Morgan fingerprint density at radius 2 is 0.909 bits per heavy atom. The van der Waals surface area contributed by atoms with Gasteiger partial charge in [-0.25, -0.2) is 0 Å². The van der Waals surface area contributed by atoms with E-state index >= 15 is 0 Å². The van der Waals surface area contributed by atoms with E-state index in [0.29, 0.717) is 52.9 Å². The summed E-state index contributed by atoms with van der Waals surface area (Å²) in [7, 11) is 0. The van der Waals surface area contributed by atoms with Crippen molar-refractivity contribution in [2.24, 2.45) is 0 Å². The Labute approximate surface area is 131 Å². The lowest BCUT2D eigenvalue weighted by Crippen LogP contribution is -2.07. The maximum atomic E-state index is 8.55. The van der Waals surface area contributed by atoms with Crippen molar-refractivity contribution in [3.63, 3.8) is 0 Å². The summed E-state index contributed by atoms with van der Waals surface area (Å²) in [4.78, 5) is 0. The van der Waals surface area contributed by atoms with Gasteiger partial charge in [0.2, 0.25) is 0 Å². The zero-order valence-corrected chi connectivity index (χ0v) is 12.9. The van der Waals surface area contributed by atoms with E-state index < -0.39 is 0 Å². The molecular formula is C16H26O6. The fraction of sp³-hybridized carbons (Fsp3) is 0.625. The smallest absolute Gasteiger partial charge is 0.0718 e. The largest absolute Gasteiger partial charge is 0.394 e. The monoisotopic (exact) mass is 314 g/mol. The van der Waals surface area contributed by atoms with Crippen LogP contribution in [-0.4, -0.2) is 63.1 Å². The number of benzene rings is 1. The van der Waals surface area contributed by atoms with Crippen LogP contribution in [0.5, 0.6) is 0 Å². The van der Waals surface area contributed by atoms with Gasteiger partial charge in [0.05, 0.1) is 66.1 Å². The van der Waals surface area contributed by atoms with E-state index in [-0.39, 0.29) is 13.2 Å². The van der Waals surface area contributed by atoms with E-state index in [2.05, 4.69) is 0 Å². The van der Waals surface area contributed by atoms with Crippen LogP contribution in [0.1, 0.15) is 11.1 Å². The van der Waals surface area contributed by atoms with E-state index in [4.69, 9.17) is 29.2 Å². The molecule has 1 rings (SSSR count). The molecule has 1 aromatic rings. The lowest BCUT2D eigenvalue weighted by Gasteiger charge is -2.07. The van der Waals surface area contributed by atoms with Crippen molar-refractivity contribution in [2.45, 2.75) is 13.2 Å². The summed E-state index contributed by atoms with van der Waals surface area (Å²) in [6.45, 7) is 3.87. The fourth-order valence-electron chi connectivity index (χ4n) is 1.68. The molecule has 0 saturated carbocycles. The summed E-state index contributed by atoms with van der Waals surface area (Å²) < 4.78 is 21.1. The van der Waals surface area contributed by atoms with Crippen molar-refractivity contribution in [1.29, 1.82) is 0 Å². The quantitative estimate of drug-likeness (QED) is 0.493. The van der Waals surface area contributed by atoms with E-state index in [1.54, 1.807) is 0 Å². The van der Waals surface area contributed by atoms with E-state index in [1.807, 2.05) is 24.3 Å². The predicted octanol–water partition coefficient (Wildman–Crippen LogP) is 0.738. The van der Waals surface area contributed by atoms with E-state index in [0.717, 1.165) is 11.1 Å². The summed E-state index contributed by atoms with van der Waals surface area (Å²) in [5.74, 6) is 0. The third-order valence-electron chi connectivity index (χ3n) is 2.78. The van der Waals surface area contributed by atoms with Crippen LogP contribution >= 0.6 is 0 Å². The first-order valence-corrected chi connectivity index (χ1v) is 7.47. The Balaban J connectivity index is 2.07. The first kappa shape index (κ1) is 19.0. The molecule has 0 heterocycles. The molecule has 126 valence electrons. The van der Waals surface area contributed by atoms with Crippen molar-refractivity contribution in [1.82, 2.24) is 0 Å². The van der Waals surface area contributed by atoms with Gasteiger partial charge < -0.3 is 29.2 Å². The van der Waals surface area contributed by atoms with Gasteiger partial charge in [0.1, 0.15) is 0 Å². The second-order valence-electron chi connectivity index (χ2n) is 4.59. The SMILES string of the molecule is OCCOCCOCc1ccc(COCCOCCO)cc1. The molecule has 22 heavy (non-hydrogen) atoms. The molecule has 0 saturated heterocycles. The molecule has 0 amide bonds. The van der Waals surface area contributed by atoms with Crippen LogP contribution in [0.2, 0.25) is 0 Å². The normalized spacial score (nSPS) is 11.0. The average molecular weight is 314 g/mol. The van der Waals surface area contributed by atoms with Crippen LogP contribution in [0, 0.1) is 0 Å². The van der Waals surface area contributed by atoms with Gasteiger partial charge in [0.25, 0.3) is 0 Å². The van der Waals surface area contributed by atoms with Crippen LogP contribution in [0.25, 0.3) is 0 Å². The van der Waals surface area contributed by atoms with Crippen LogP contribution < -0.4 is 0 Å². The third kappa shape index (κ3) is 9.83. The van der Waals surface area contributed by atoms with Gasteiger partial charge in [-0.2, -0.15) is 0 Å². The zero-order chi connectivity index (χ0) is 15.9. The molecule has 0 spiro atoms. The maximum absolute atomic E-state index is 8.55. The topological polar surface area (TPSA) is 77.4 Å². The third-order valence-corrected chi connectivity index (χ3v) is 2.78. The number of aliphatic hydroxyl groups excluding tert-OH is 2. The Kier molecular flexibility index (Phi) is 11.8. The Hall–Kier alpha value is -1.02. The Morgan fingerprint density at radius 3 is 1.27 bits per heavy atom. The lowest BCUT2D eigenvalue weighted by molar-refractivity contribution is 0.0267. The number of rotatable bonds is 14. The highest BCUT2D eigenvalue weighted by atomic mass is 16.5. The Morgan fingerprint density at radius 1 is 0.545 bits per heavy atom. The van der Waals surface area contributed by atoms with Crippen LogP contribution in [0.3, 0.4) is 0 Å². The lowest BCUT2D eigenvalue weighted by atomic mass is 10.1. The summed E-state index contributed by atoms with van der Waals surface area (Å²) in [5.41, 5.74) is 2.19. The van der Waals surface area contributed by atoms with Crippen molar-refractivity contribution < 1.29 is 29.2 Å². The highest BCUT2D eigenvalue weighted by molar-refractivity contribution is 5.21. The molecule has 0 fully saturated rings. The van der Waals surface area contributed by atoms with E-state index in [1.165, 1.54) is 0 Å². The van der Waals surface area contributed by atoms with Gasteiger partial charge in [-0.1, -0.05) is 24.3 Å². The molecule has 6 heteroatoms. The van der Waals surface area contributed by atoms with Gasteiger partial charge in [-0.05, 0) is 11.1 Å². The minimum absolute atomic E-state index is 0.0388. The minimum Gasteiger partial charge on any atom is -0.394 e. The van der Waals surface area contributed by atoms with Crippen LogP contribution in [-0.2, 0) is 32.2 Å². The van der Waals surface area contributed by atoms with E-state index in [9.17, 15) is 0 Å². The first-order valence-electron chi connectivity index (χ1n) is 7.47. The number of hydrogen-bond acceptors (Lipinski definition) is 6. The summed E-state index contributed by atoms with van der Waals surface area (Å²) in [6, 6.07) is 8.04. The Bertz CT molecular complexity index is 319. The fourth-order valence-corrected chi connectivity index (χ4v) is 1.68. The molecule has 1 aromatic carbocycles. The molecule has 0 radical (unpaired) electrons.